The van der Waals surface area contributed by atoms with E-state index in [9.17, 15) is 0 Å². The Balaban J connectivity index is 3.15. The zero-order valence-corrected chi connectivity index (χ0v) is 6.55. The summed E-state index contributed by atoms with van der Waals surface area (Å²) in [6.07, 6.45) is 0. The van der Waals surface area contributed by atoms with E-state index >= 15 is 0 Å². The van der Waals surface area contributed by atoms with Gasteiger partial charge in [-0.1, -0.05) is 0 Å². The highest BCUT2D eigenvalue weighted by atomic mass is 31.2. The van der Waals surface area contributed by atoms with Crippen LogP contribution in [0.2, 0.25) is 0 Å². The average molecular weight is 174 g/mol. The molecule has 9 heavy (non-hydrogen) atoms. The van der Waals surface area contributed by atoms with Crippen molar-refractivity contribution in [3.8, 4) is 0 Å². The van der Waals surface area contributed by atoms with E-state index in [0.717, 1.165) is 0 Å². The van der Waals surface area contributed by atoms with Crippen molar-refractivity contribution < 1.29 is 23.5 Å². The summed E-state index contributed by atoms with van der Waals surface area (Å²) in [4.78, 5) is 24.8. The van der Waals surface area contributed by atoms with Crippen LogP contribution in [0.25, 0.3) is 0 Å². The predicted molar refractivity (Wildman–Crippen MR) is 33.2 cm³/mol. The summed E-state index contributed by atoms with van der Waals surface area (Å²) in [5.74, 6) is 0. The summed E-state index contributed by atoms with van der Waals surface area (Å²) >= 11 is 0. The van der Waals surface area contributed by atoms with Crippen LogP contribution < -0.4 is 0 Å². The summed E-state index contributed by atoms with van der Waals surface area (Å²) in [5, 5.41) is 0. The molecule has 0 fully saturated rings. The number of hydrogen-bond donors (Lipinski definition) is 3. The van der Waals surface area contributed by atoms with Crippen molar-refractivity contribution in [3.63, 3.8) is 0 Å². The van der Waals surface area contributed by atoms with Crippen LogP contribution in [0.4, 0.5) is 0 Å². The molecule has 56 valence electrons. The van der Waals surface area contributed by atoms with Crippen molar-refractivity contribution in [2.45, 2.75) is 6.92 Å². The van der Waals surface area contributed by atoms with Gasteiger partial charge in [0, 0.05) is 0 Å². The molecule has 0 aliphatic heterocycles. The van der Waals surface area contributed by atoms with Crippen LogP contribution in [-0.4, -0.2) is 21.3 Å². The molecule has 0 aromatic heterocycles. The third-order valence-corrected chi connectivity index (χ3v) is 2.00. The molecule has 1 unspecified atom stereocenters. The maximum atomic E-state index is 8.54. The van der Waals surface area contributed by atoms with E-state index in [4.69, 9.17) is 14.7 Å². The Bertz CT molecular complexity index is 68.0. The Morgan fingerprint density at radius 3 is 2.22 bits per heavy atom. The predicted octanol–water partition coefficient (Wildman–Crippen LogP) is 0.470. The van der Waals surface area contributed by atoms with Crippen molar-refractivity contribution in [2.75, 3.05) is 6.61 Å². The standard InChI is InChI=1S/C2H8O5P2/c1-2-6-9(5)7-8(3)4/h3-5H,2H2,1H3. The van der Waals surface area contributed by atoms with Crippen molar-refractivity contribution in [3.05, 3.63) is 0 Å². The normalized spacial score (nSPS) is 14.3. The SMILES string of the molecule is CCOP(O)OP(O)O. The van der Waals surface area contributed by atoms with Gasteiger partial charge in [-0.2, -0.15) is 0 Å². The highest BCUT2D eigenvalue weighted by Gasteiger charge is 2.10. The second-order valence-electron chi connectivity index (χ2n) is 0.990. The molecule has 1 atom stereocenters. The quantitative estimate of drug-likeness (QED) is 0.540. The highest BCUT2D eigenvalue weighted by Crippen LogP contribution is 2.45. The lowest BCUT2D eigenvalue weighted by Gasteiger charge is -2.07. The molecule has 0 aromatic rings. The smallest absolute Gasteiger partial charge is 0.328 e. The first kappa shape index (κ1) is 9.66. The molecule has 7 heteroatoms. The Labute approximate surface area is 55.2 Å². The van der Waals surface area contributed by atoms with Crippen LogP contribution in [0.5, 0.6) is 0 Å². The van der Waals surface area contributed by atoms with Gasteiger partial charge in [0.2, 0.25) is 0 Å². The first-order valence-electron chi connectivity index (χ1n) is 2.14. The average Bonchev–Trinajstić information content (AvgIpc) is 1.63. The summed E-state index contributed by atoms with van der Waals surface area (Å²) < 4.78 is 8.51. The van der Waals surface area contributed by atoms with Crippen LogP contribution in [0.1, 0.15) is 6.92 Å². The van der Waals surface area contributed by atoms with E-state index in [1.807, 2.05) is 0 Å². The second-order valence-corrected chi connectivity index (χ2v) is 2.88. The van der Waals surface area contributed by atoms with Crippen LogP contribution in [0.3, 0.4) is 0 Å². The molecule has 3 N–H and O–H groups in total. The van der Waals surface area contributed by atoms with Gasteiger partial charge in [-0.25, -0.2) is 4.31 Å². The number of hydrogen-bond acceptors (Lipinski definition) is 5. The van der Waals surface area contributed by atoms with Gasteiger partial charge in [0.15, 0.2) is 0 Å². The Hall–Kier alpha value is 0.660. The van der Waals surface area contributed by atoms with Gasteiger partial charge in [0.25, 0.3) is 0 Å². The number of rotatable bonds is 4. The van der Waals surface area contributed by atoms with E-state index in [0.29, 0.717) is 0 Å². The maximum absolute atomic E-state index is 8.54. The minimum absolute atomic E-state index is 0.283. The first-order chi connectivity index (χ1) is 4.16. The minimum Gasteiger partial charge on any atom is -0.328 e. The Morgan fingerprint density at radius 1 is 1.33 bits per heavy atom. The lowest BCUT2D eigenvalue weighted by atomic mass is 10.9. The van der Waals surface area contributed by atoms with E-state index in [1.54, 1.807) is 6.92 Å². The van der Waals surface area contributed by atoms with Crippen molar-refractivity contribution in [1.29, 1.82) is 0 Å². The maximum Gasteiger partial charge on any atom is 0.337 e. The highest BCUT2D eigenvalue weighted by molar-refractivity contribution is 7.54. The fourth-order valence-electron chi connectivity index (χ4n) is 0.196. The van der Waals surface area contributed by atoms with Gasteiger partial charge in [-0.05, 0) is 6.92 Å². The molecule has 0 amide bonds. The van der Waals surface area contributed by atoms with Crippen LogP contribution in [0, 0.1) is 0 Å². The summed E-state index contributed by atoms with van der Waals surface area (Å²) in [7, 11) is -4.59. The molecule has 0 saturated heterocycles. The zero-order valence-electron chi connectivity index (χ0n) is 4.76. The lowest BCUT2D eigenvalue weighted by molar-refractivity contribution is 0.259. The van der Waals surface area contributed by atoms with Gasteiger partial charge < -0.3 is 19.2 Å². The summed E-state index contributed by atoms with van der Waals surface area (Å²) in [5.41, 5.74) is 0. The molecule has 0 aliphatic rings. The fourth-order valence-corrected chi connectivity index (χ4v) is 1.11. The fraction of sp³-hybridized carbons (Fsp3) is 1.00. The Kier molecular flexibility index (Phi) is 5.84. The molecule has 0 radical (unpaired) electrons. The Morgan fingerprint density at radius 2 is 1.89 bits per heavy atom. The second kappa shape index (κ2) is 5.45. The minimum atomic E-state index is -2.50. The molecule has 0 spiro atoms. The molecule has 0 heterocycles. The van der Waals surface area contributed by atoms with Gasteiger partial charge in [0.05, 0.1) is 6.61 Å². The molecular formula is C2H8O5P2. The summed E-state index contributed by atoms with van der Waals surface area (Å²) in [6.45, 7) is 1.94. The van der Waals surface area contributed by atoms with Crippen LogP contribution in [0.15, 0.2) is 0 Å². The van der Waals surface area contributed by atoms with E-state index in [-0.39, 0.29) is 6.61 Å². The third kappa shape index (κ3) is 6.55. The summed E-state index contributed by atoms with van der Waals surface area (Å²) in [6, 6.07) is 0. The van der Waals surface area contributed by atoms with Gasteiger partial charge in [0.1, 0.15) is 0 Å². The zero-order chi connectivity index (χ0) is 7.28. The largest absolute Gasteiger partial charge is 0.337 e. The molecule has 5 nitrogen and oxygen atoms in total. The van der Waals surface area contributed by atoms with Crippen LogP contribution in [-0.2, 0) is 8.83 Å². The lowest BCUT2D eigenvalue weighted by Crippen LogP contribution is -1.84. The van der Waals surface area contributed by atoms with Crippen molar-refractivity contribution >= 4 is 17.2 Å². The molecule has 0 saturated carbocycles. The van der Waals surface area contributed by atoms with E-state index in [2.05, 4.69) is 8.83 Å². The van der Waals surface area contributed by atoms with Gasteiger partial charge in [-0.3, -0.25) is 0 Å². The molecule has 0 aliphatic carbocycles. The molecule has 0 bridgehead atoms. The van der Waals surface area contributed by atoms with Crippen molar-refractivity contribution in [1.82, 2.24) is 0 Å². The third-order valence-electron chi connectivity index (χ3n) is 0.382. The van der Waals surface area contributed by atoms with Crippen LogP contribution >= 0.6 is 17.2 Å². The first-order valence-corrected chi connectivity index (χ1v) is 4.44. The monoisotopic (exact) mass is 174 g/mol. The van der Waals surface area contributed by atoms with E-state index < -0.39 is 17.2 Å². The van der Waals surface area contributed by atoms with Gasteiger partial charge >= 0.3 is 17.2 Å². The van der Waals surface area contributed by atoms with Crippen molar-refractivity contribution in [2.24, 2.45) is 0 Å². The topological polar surface area (TPSA) is 79.2 Å². The molecular weight excluding hydrogens is 166 g/mol. The van der Waals surface area contributed by atoms with E-state index in [1.165, 1.54) is 0 Å². The van der Waals surface area contributed by atoms with Gasteiger partial charge in [-0.15, -0.1) is 0 Å². The molecule has 0 rings (SSSR count). The molecule has 0 aromatic carbocycles.